The SMILES string of the molecule is COCC(=O)Cn1c(=O)ccc2ccccc21. The number of nitrogens with zero attached hydrogens (tertiary/aromatic N) is 1. The lowest BCUT2D eigenvalue weighted by molar-refractivity contribution is -0.123. The van der Waals surface area contributed by atoms with E-state index >= 15 is 0 Å². The summed E-state index contributed by atoms with van der Waals surface area (Å²) in [6.45, 7) is 0.0731. The second-order valence-corrected chi connectivity index (χ2v) is 3.79. The number of ether oxygens (including phenoxy) is 1. The molecule has 17 heavy (non-hydrogen) atoms. The third kappa shape index (κ3) is 2.42. The molecular formula is C13H13NO3. The number of fused-ring (bicyclic) bond motifs is 1. The number of carbonyl (C=O) groups is 1. The van der Waals surface area contributed by atoms with Crippen molar-refractivity contribution in [2.75, 3.05) is 13.7 Å². The molecule has 2 rings (SSSR count). The molecule has 0 spiro atoms. The van der Waals surface area contributed by atoms with Gasteiger partial charge in [-0.15, -0.1) is 0 Å². The van der Waals surface area contributed by atoms with E-state index in [2.05, 4.69) is 0 Å². The van der Waals surface area contributed by atoms with E-state index in [1.165, 1.54) is 17.7 Å². The summed E-state index contributed by atoms with van der Waals surface area (Å²) in [5, 5.41) is 0.942. The number of hydrogen-bond acceptors (Lipinski definition) is 3. The lowest BCUT2D eigenvalue weighted by Crippen LogP contribution is -2.25. The lowest BCUT2D eigenvalue weighted by Gasteiger charge is -2.08. The Morgan fingerprint density at radius 1 is 1.24 bits per heavy atom. The minimum atomic E-state index is -0.173. The Morgan fingerprint density at radius 2 is 2.00 bits per heavy atom. The highest BCUT2D eigenvalue weighted by Crippen LogP contribution is 2.10. The maximum absolute atomic E-state index is 11.7. The Labute approximate surface area is 98.4 Å². The predicted molar refractivity (Wildman–Crippen MR) is 65.1 cm³/mol. The van der Waals surface area contributed by atoms with Crippen LogP contribution in [0.25, 0.3) is 10.9 Å². The molecule has 4 nitrogen and oxygen atoms in total. The molecule has 0 unspecified atom stereocenters. The predicted octanol–water partition coefficient (Wildman–Crippen LogP) is 1.22. The summed E-state index contributed by atoms with van der Waals surface area (Å²) < 4.78 is 6.23. The van der Waals surface area contributed by atoms with E-state index in [-0.39, 0.29) is 24.5 Å². The largest absolute Gasteiger partial charge is 0.377 e. The van der Waals surface area contributed by atoms with Gasteiger partial charge in [0.1, 0.15) is 6.61 Å². The molecule has 1 aromatic carbocycles. The second kappa shape index (κ2) is 4.93. The van der Waals surface area contributed by atoms with Gasteiger partial charge in [-0.3, -0.25) is 9.59 Å². The lowest BCUT2D eigenvalue weighted by atomic mass is 10.2. The zero-order chi connectivity index (χ0) is 12.3. The van der Waals surface area contributed by atoms with Crippen molar-refractivity contribution in [2.24, 2.45) is 0 Å². The number of para-hydroxylation sites is 1. The quantitative estimate of drug-likeness (QED) is 0.794. The third-order valence-electron chi connectivity index (χ3n) is 2.54. The number of ketones is 1. The number of rotatable bonds is 4. The topological polar surface area (TPSA) is 48.3 Å². The minimum absolute atomic E-state index is 0.0235. The van der Waals surface area contributed by atoms with E-state index < -0.39 is 0 Å². The number of hydrogen-bond donors (Lipinski definition) is 0. The normalized spacial score (nSPS) is 10.6. The highest BCUT2D eigenvalue weighted by atomic mass is 16.5. The van der Waals surface area contributed by atoms with Crippen molar-refractivity contribution in [3.05, 3.63) is 46.8 Å². The van der Waals surface area contributed by atoms with Crippen molar-refractivity contribution >= 4 is 16.7 Å². The zero-order valence-electron chi connectivity index (χ0n) is 9.55. The molecule has 0 amide bonds. The first-order valence-electron chi connectivity index (χ1n) is 5.31. The van der Waals surface area contributed by atoms with Crippen LogP contribution in [0.1, 0.15) is 0 Å². The Balaban J connectivity index is 2.48. The van der Waals surface area contributed by atoms with Gasteiger partial charge in [0.2, 0.25) is 0 Å². The Bertz CT molecular complexity index is 601. The maximum Gasteiger partial charge on any atom is 0.251 e. The molecule has 0 N–H and O–H groups in total. The molecule has 0 aliphatic rings. The minimum Gasteiger partial charge on any atom is -0.377 e. The van der Waals surface area contributed by atoms with E-state index in [4.69, 9.17) is 4.74 Å². The van der Waals surface area contributed by atoms with Gasteiger partial charge >= 0.3 is 0 Å². The highest BCUT2D eigenvalue weighted by molar-refractivity contribution is 5.83. The van der Waals surface area contributed by atoms with Crippen LogP contribution >= 0.6 is 0 Å². The summed E-state index contributed by atoms with van der Waals surface area (Å²) in [6.07, 6.45) is 0. The third-order valence-corrected chi connectivity index (χ3v) is 2.54. The summed E-state index contributed by atoms with van der Waals surface area (Å²) in [5.41, 5.74) is 0.595. The van der Waals surface area contributed by atoms with Gasteiger partial charge in [-0.1, -0.05) is 18.2 Å². The van der Waals surface area contributed by atoms with E-state index in [1.54, 1.807) is 6.07 Å². The van der Waals surface area contributed by atoms with E-state index in [0.29, 0.717) is 0 Å². The van der Waals surface area contributed by atoms with Crippen molar-refractivity contribution in [1.82, 2.24) is 4.57 Å². The van der Waals surface area contributed by atoms with Gasteiger partial charge in [-0.25, -0.2) is 0 Å². The standard InChI is InChI=1S/C13H13NO3/c1-17-9-11(15)8-14-12-5-3-2-4-10(12)6-7-13(14)16/h2-7H,8-9H2,1H3. The fourth-order valence-electron chi connectivity index (χ4n) is 1.79. The molecule has 0 radical (unpaired) electrons. The summed E-state index contributed by atoms with van der Waals surface area (Å²) >= 11 is 0. The van der Waals surface area contributed by atoms with Crippen molar-refractivity contribution in [1.29, 1.82) is 0 Å². The molecule has 1 heterocycles. The summed E-state index contributed by atoms with van der Waals surface area (Å²) in [6, 6.07) is 10.7. The van der Waals surface area contributed by atoms with Crippen molar-refractivity contribution in [3.63, 3.8) is 0 Å². The average Bonchev–Trinajstić information content (AvgIpc) is 2.33. The van der Waals surface area contributed by atoms with E-state index in [1.807, 2.05) is 24.3 Å². The number of pyridine rings is 1. The number of benzene rings is 1. The van der Waals surface area contributed by atoms with Crippen LogP contribution in [0.5, 0.6) is 0 Å². The molecule has 0 saturated heterocycles. The van der Waals surface area contributed by atoms with Crippen molar-refractivity contribution in [2.45, 2.75) is 6.54 Å². The number of Topliss-reactive ketones (excluding diaryl/α,β-unsaturated/α-hetero) is 1. The van der Waals surface area contributed by atoms with Gasteiger partial charge in [0.05, 0.1) is 12.1 Å². The molecule has 4 heteroatoms. The Kier molecular flexibility index (Phi) is 3.35. The molecule has 0 saturated carbocycles. The van der Waals surface area contributed by atoms with Crippen LogP contribution in [-0.2, 0) is 16.1 Å². The van der Waals surface area contributed by atoms with E-state index in [0.717, 1.165) is 10.9 Å². The first-order valence-corrected chi connectivity index (χ1v) is 5.31. The second-order valence-electron chi connectivity index (χ2n) is 3.79. The number of aromatic nitrogens is 1. The summed E-state index contributed by atoms with van der Waals surface area (Å²) in [5.74, 6) is -0.119. The van der Waals surface area contributed by atoms with Gasteiger partial charge in [0, 0.05) is 13.2 Å². The van der Waals surface area contributed by atoms with Gasteiger partial charge in [-0.05, 0) is 17.5 Å². The fraction of sp³-hybridized carbons (Fsp3) is 0.231. The fourth-order valence-corrected chi connectivity index (χ4v) is 1.79. The van der Waals surface area contributed by atoms with Crippen LogP contribution in [0.4, 0.5) is 0 Å². The first-order chi connectivity index (χ1) is 8.22. The van der Waals surface area contributed by atoms with Gasteiger partial charge in [-0.2, -0.15) is 0 Å². The van der Waals surface area contributed by atoms with Crippen LogP contribution in [0, 0.1) is 0 Å². The molecule has 88 valence electrons. The molecule has 0 atom stereocenters. The Hall–Kier alpha value is -1.94. The average molecular weight is 231 g/mol. The zero-order valence-corrected chi connectivity index (χ0v) is 9.55. The molecule has 2 aromatic rings. The molecule has 1 aromatic heterocycles. The molecule has 0 aliphatic carbocycles. The number of methoxy groups -OCH3 is 1. The van der Waals surface area contributed by atoms with E-state index in [9.17, 15) is 9.59 Å². The van der Waals surface area contributed by atoms with Crippen molar-refractivity contribution in [3.8, 4) is 0 Å². The highest BCUT2D eigenvalue weighted by Gasteiger charge is 2.07. The Morgan fingerprint density at radius 3 is 2.76 bits per heavy atom. The molecule has 0 bridgehead atoms. The summed E-state index contributed by atoms with van der Waals surface area (Å²) in [7, 11) is 1.46. The smallest absolute Gasteiger partial charge is 0.251 e. The van der Waals surface area contributed by atoms with Crippen LogP contribution in [-0.4, -0.2) is 24.1 Å². The monoisotopic (exact) mass is 231 g/mol. The molecule has 0 aliphatic heterocycles. The summed E-state index contributed by atoms with van der Waals surface area (Å²) in [4.78, 5) is 23.3. The number of carbonyl (C=O) groups excluding carboxylic acids is 1. The molecule has 0 fully saturated rings. The maximum atomic E-state index is 11.7. The van der Waals surface area contributed by atoms with Gasteiger partial charge in [0.15, 0.2) is 5.78 Å². The van der Waals surface area contributed by atoms with Crippen LogP contribution in [0.15, 0.2) is 41.2 Å². The van der Waals surface area contributed by atoms with Crippen molar-refractivity contribution < 1.29 is 9.53 Å². The molecular weight excluding hydrogens is 218 g/mol. The van der Waals surface area contributed by atoms with Gasteiger partial charge in [0.25, 0.3) is 5.56 Å². The van der Waals surface area contributed by atoms with Crippen LogP contribution in [0.2, 0.25) is 0 Å². The van der Waals surface area contributed by atoms with Crippen LogP contribution in [0.3, 0.4) is 0 Å². The first kappa shape index (κ1) is 11.5. The van der Waals surface area contributed by atoms with Gasteiger partial charge < -0.3 is 9.30 Å². The van der Waals surface area contributed by atoms with Crippen LogP contribution < -0.4 is 5.56 Å².